The molecule has 0 N–H and O–H groups in total. The van der Waals surface area contributed by atoms with Gasteiger partial charge in [0, 0.05) is 18.2 Å². The number of piperidine rings is 1. The summed E-state index contributed by atoms with van der Waals surface area (Å²) in [5.74, 6) is 0.582. The van der Waals surface area contributed by atoms with Crippen LogP contribution in [0.15, 0.2) is 36.4 Å². The second-order valence-electron chi connectivity index (χ2n) is 6.01. The molecule has 5 nitrogen and oxygen atoms in total. The number of rotatable bonds is 3. The molecule has 1 saturated heterocycles. The van der Waals surface area contributed by atoms with Gasteiger partial charge in [-0.05, 0) is 44.9 Å². The van der Waals surface area contributed by atoms with Gasteiger partial charge in [-0.1, -0.05) is 17.7 Å². The lowest BCUT2D eigenvalue weighted by Crippen LogP contribution is -2.44. The van der Waals surface area contributed by atoms with Crippen molar-refractivity contribution in [2.24, 2.45) is 0 Å². The zero-order valence-corrected chi connectivity index (χ0v) is 13.5. The van der Waals surface area contributed by atoms with Crippen LogP contribution >= 0.6 is 0 Å². The Kier molecular flexibility index (Phi) is 4.55. The van der Waals surface area contributed by atoms with Gasteiger partial charge in [-0.3, -0.25) is 4.79 Å². The van der Waals surface area contributed by atoms with Gasteiger partial charge in [0.1, 0.15) is 6.10 Å². The summed E-state index contributed by atoms with van der Waals surface area (Å²) in [6, 6.07) is 11.4. The lowest BCUT2D eigenvalue weighted by molar-refractivity contribution is 0.0525. The first-order chi connectivity index (χ1) is 11.1. The fourth-order valence-corrected chi connectivity index (χ4v) is 2.72. The molecular weight excluding hydrogens is 290 g/mol. The molecule has 0 spiro atoms. The van der Waals surface area contributed by atoms with Gasteiger partial charge in [0.15, 0.2) is 0 Å². The van der Waals surface area contributed by atoms with E-state index in [-0.39, 0.29) is 12.0 Å². The predicted molar refractivity (Wildman–Crippen MR) is 87.5 cm³/mol. The van der Waals surface area contributed by atoms with Crippen LogP contribution < -0.4 is 4.74 Å². The number of hydrogen-bond acceptors (Lipinski definition) is 4. The number of hydrogen-bond donors (Lipinski definition) is 0. The third kappa shape index (κ3) is 3.86. The first-order valence-corrected chi connectivity index (χ1v) is 7.95. The van der Waals surface area contributed by atoms with Gasteiger partial charge >= 0.3 is 0 Å². The third-order valence-electron chi connectivity index (χ3n) is 4.02. The Balaban J connectivity index is 1.64. The Morgan fingerprint density at radius 2 is 1.91 bits per heavy atom. The number of benzene rings is 1. The van der Waals surface area contributed by atoms with Crippen molar-refractivity contribution in [3.8, 4) is 5.88 Å². The SMILES string of the molecule is Cc1ccc(C(=O)N2CCCC(Oc3ccc(C)nn3)C2)cc1. The van der Waals surface area contributed by atoms with E-state index in [1.54, 1.807) is 0 Å². The summed E-state index contributed by atoms with van der Waals surface area (Å²) in [6.45, 7) is 5.26. The maximum atomic E-state index is 12.6. The molecular formula is C18H21N3O2. The average molecular weight is 311 g/mol. The van der Waals surface area contributed by atoms with Crippen molar-refractivity contribution in [1.82, 2.24) is 15.1 Å². The molecule has 120 valence electrons. The smallest absolute Gasteiger partial charge is 0.253 e. The molecule has 3 rings (SSSR count). The van der Waals surface area contributed by atoms with Gasteiger partial charge in [0.25, 0.3) is 5.91 Å². The van der Waals surface area contributed by atoms with Crippen LogP contribution in [-0.4, -0.2) is 40.2 Å². The van der Waals surface area contributed by atoms with Crippen LogP contribution in [0.4, 0.5) is 0 Å². The number of aromatic nitrogens is 2. The molecule has 0 radical (unpaired) electrons. The number of nitrogens with zero attached hydrogens (tertiary/aromatic N) is 3. The number of carbonyl (C=O) groups excluding carboxylic acids is 1. The van der Waals surface area contributed by atoms with E-state index in [0.717, 1.165) is 36.2 Å². The number of aryl methyl sites for hydroxylation is 2. The average Bonchev–Trinajstić information content (AvgIpc) is 2.57. The van der Waals surface area contributed by atoms with Crippen LogP contribution in [0.3, 0.4) is 0 Å². The highest BCUT2D eigenvalue weighted by Crippen LogP contribution is 2.18. The quantitative estimate of drug-likeness (QED) is 0.874. The maximum Gasteiger partial charge on any atom is 0.253 e. The predicted octanol–water partition coefficient (Wildman–Crippen LogP) is 2.78. The largest absolute Gasteiger partial charge is 0.471 e. The van der Waals surface area contributed by atoms with E-state index in [4.69, 9.17) is 4.74 Å². The van der Waals surface area contributed by atoms with E-state index in [1.807, 2.05) is 55.1 Å². The summed E-state index contributed by atoms with van der Waals surface area (Å²) < 4.78 is 5.88. The van der Waals surface area contributed by atoms with Crippen molar-refractivity contribution in [2.45, 2.75) is 32.8 Å². The van der Waals surface area contributed by atoms with E-state index in [2.05, 4.69) is 10.2 Å². The molecule has 2 aromatic rings. The number of likely N-dealkylation sites (tertiary alicyclic amines) is 1. The summed E-state index contributed by atoms with van der Waals surface area (Å²) in [4.78, 5) is 14.5. The molecule has 1 atom stereocenters. The number of ether oxygens (including phenoxy) is 1. The molecule has 1 unspecified atom stereocenters. The normalized spacial score (nSPS) is 17.8. The summed E-state index contributed by atoms with van der Waals surface area (Å²) >= 11 is 0. The first-order valence-electron chi connectivity index (χ1n) is 7.95. The van der Waals surface area contributed by atoms with E-state index in [9.17, 15) is 4.79 Å². The summed E-state index contributed by atoms with van der Waals surface area (Å²) in [5, 5.41) is 8.03. The molecule has 0 aliphatic carbocycles. The third-order valence-corrected chi connectivity index (χ3v) is 4.02. The molecule has 2 heterocycles. The van der Waals surface area contributed by atoms with Crippen LogP contribution in [-0.2, 0) is 0 Å². The van der Waals surface area contributed by atoms with Crippen molar-refractivity contribution in [3.05, 3.63) is 53.2 Å². The van der Waals surface area contributed by atoms with Crippen LogP contribution in [0.25, 0.3) is 0 Å². The first kappa shape index (κ1) is 15.5. The zero-order valence-electron chi connectivity index (χ0n) is 13.5. The van der Waals surface area contributed by atoms with E-state index in [1.165, 1.54) is 0 Å². The maximum absolute atomic E-state index is 12.6. The summed E-state index contributed by atoms with van der Waals surface area (Å²) in [7, 11) is 0. The van der Waals surface area contributed by atoms with Crippen molar-refractivity contribution in [3.63, 3.8) is 0 Å². The highest BCUT2D eigenvalue weighted by atomic mass is 16.5. The molecule has 0 saturated carbocycles. The lowest BCUT2D eigenvalue weighted by atomic mass is 10.1. The number of amides is 1. The van der Waals surface area contributed by atoms with Gasteiger partial charge < -0.3 is 9.64 Å². The van der Waals surface area contributed by atoms with Crippen molar-refractivity contribution >= 4 is 5.91 Å². The van der Waals surface area contributed by atoms with Gasteiger partial charge in [-0.15, -0.1) is 5.10 Å². The molecule has 1 amide bonds. The van der Waals surface area contributed by atoms with Crippen molar-refractivity contribution in [2.75, 3.05) is 13.1 Å². The highest BCUT2D eigenvalue weighted by Gasteiger charge is 2.26. The molecule has 23 heavy (non-hydrogen) atoms. The van der Waals surface area contributed by atoms with E-state index < -0.39 is 0 Å². The minimum absolute atomic E-state index is 0.0323. The second-order valence-corrected chi connectivity index (χ2v) is 6.01. The Labute approximate surface area is 136 Å². The van der Waals surface area contributed by atoms with E-state index in [0.29, 0.717) is 12.4 Å². The fourth-order valence-electron chi connectivity index (χ4n) is 2.72. The minimum atomic E-state index is -0.0323. The van der Waals surface area contributed by atoms with Crippen LogP contribution in [0.2, 0.25) is 0 Å². The summed E-state index contributed by atoms with van der Waals surface area (Å²) in [6.07, 6.45) is 1.82. The number of carbonyl (C=O) groups is 1. The van der Waals surface area contributed by atoms with Gasteiger partial charge in [-0.2, -0.15) is 5.10 Å². The Hall–Kier alpha value is -2.43. The lowest BCUT2D eigenvalue weighted by Gasteiger charge is -2.32. The van der Waals surface area contributed by atoms with Crippen LogP contribution in [0.1, 0.15) is 34.5 Å². The van der Waals surface area contributed by atoms with Crippen molar-refractivity contribution in [1.29, 1.82) is 0 Å². The van der Waals surface area contributed by atoms with Crippen molar-refractivity contribution < 1.29 is 9.53 Å². The van der Waals surface area contributed by atoms with Crippen LogP contribution in [0, 0.1) is 13.8 Å². The molecule has 1 aromatic heterocycles. The zero-order chi connectivity index (χ0) is 16.2. The second kappa shape index (κ2) is 6.77. The molecule has 0 bridgehead atoms. The molecule has 1 fully saturated rings. The highest BCUT2D eigenvalue weighted by molar-refractivity contribution is 5.94. The Morgan fingerprint density at radius 1 is 1.13 bits per heavy atom. The van der Waals surface area contributed by atoms with Gasteiger partial charge in [0.05, 0.1) is 12.2 Å². The minimum Gasteiger partial charge on any atom is -0.471 e. The molecule has 1 aromatic carbocycles. The van der Waals surface area contributed by atoms with E-state index >= 15 is 0 Å². The molecule has 1 aliphatic rings. The molecule has 5 heteroatoms. The Morgan fingerprint density at radius 3 is 2.61 bits per heavy atom. The topological polar surface area (TPSA) is 55.3 Å². The summed E-state index contributed by atoms with van der Waals surface area (Å²) in [5.41, 5.74) is 2.74. The molecule has 1 aliphatic heterocycles. The van der Waals surface area contributed by atoms with Crippen LogP contribution in [0.5, 0.6) is 5.88 Å². The standard InChI is InChI=1S/C18H21N3O2/c1-13-5-8-15(9-6-13)18(22)21-11-3-4-16(12-21)23-17-10-7-14(2)19-20-17/h5-10,16H,3-4,11-12H2,1-2H3. The fraction of sp³-hybridized carbons (Fsp3) is 0.389. The van der Waals surface area contributed by atoms with Gasteiger partial charge in [-0.25, -0.2) is 0 Å². The monoisotopic (exact) mass is 311 g/mol. The van der Waals surface area contributed by atoms with Gasteiger partial charge in [0.2, 0.25) is 5.88 Å². The Bertz CT molecular complexity index is 668.